The van der Waals surface area contributed by atoms with Gasteiger partial charge in [-0.1, -0.05) is 42.0 Å². The summed E-state index contributed by atoms with van der Waals surface area (Å²) in [5.41, 5.74) is 10.2. The van der Waals surface area contributed by atoms with E-state index in [1.54, 1.807) is 24.3 Å². The van der Waals surface area contributed by atoms with E-state index in [1.165, 1.54) is 29.8 Å². The van der Waals surface area contributed by atoms with Crippen molar-refractivity contribution in [2.75, 3.05) is 44.8 Å². The topological polar surface area (TPSA) is 39.8 Å². The second-order valence-electron chi connectivity index (χ2n) is 9.31. The molecule has 3 aromatic rings. The summed E-state index contributed by atoms with van der Waals surface area (Å²) < 4.78 is 33.0. The first-order chi connectivity index (χ1) is 18.0. The normalized spacial score (nSPS) is 14.1. The molecule has 1 aliphatic heterocycles. The number of piperazine rings is 1. The summed E-state index contributed by atoms with van der Waals surface area (Å²) in [7, 11) is 0. The number of anilines is 1. The smallest absolute Gasteiger partial charge is 0.187 e. The van der Waals surface area contributed by atoms with Crippen molar-refractivity contribution in [2.45, 2.75) is 25.9 Å². The van der Waals surface area contributed by atoms with Gasteiger partial charge in [-0.2, -0.15) is 0 Å². The lowest BCUT2D eigenvalue weighted by Crippen LogP contribution is -2.52. The van der Waals surface area contributed by atoms with Crippen molar-refractivity contribution in [3.8, 4) is 0 Å². The summed E-state index contributed by atoms with van der Waals surface area (Å²) in [5, 5.41) is 0.709. The number of hydrogen-bond donors (Lipinski definition) is 2. The molecule has 1 heterocycles. The Balaban J connectivity index is 1.16. The zero-order valence-corrected chi connectivity index (χ0v) is 21.9. The second-order valence-corrected chi connectivity index (χ2v) is 9.70. The minimum absolute atomic E-state index is 0.291. The van der Waals surface area contributed by atoms with Crippen LogP contribution in [0.3, 0.4) is 0 Å². The van der Waals surface area contributed by atoms with Crippen LogP contribution in [0.2, 0.25) is 0 Å². The van der Waals surface area contributed by atoms with Crippen molar-refractivity contribution in [1.29, 1.82) is 0 Å². The number of rotatable bonds is 10. The van der Waals surface area contributed by atoms with Gasteiger partial charge >= 0.3 is 0 Å². The number of nitrogens with one attached hydrogen (secondary N) is 2. The largest absolute Gasteiger partial charge is 0.369 e. The lowest BCUT2D eigenvalue weighted by molar-refractivity contribution is 0.0741. The number of hydrazine groups is 1. The van der Waals surface area contributed by atoms with E-state index in [0.29, 0.717) is 11.7 Å². The number of hydrogen-bond acceptors (Lipinski definition) is 4. The molecule has 0 saturated carbocycles. The standard InChI is InChI=1S/C29H34F2N4OS/c1-22-4-14-27(15-5-22)32-33-29(37)35-19-17-34(18-20-35)16-2-3-21-36-28(23-6-10-25(30)11-7-23)24-8-12-26(31)13-9-24/h4-15,28,32H,2-3,16-21H2,1H3,(H,33,37). The highest BCUT2D eigenvalue weighted by molar-refractivity contribution is 7.80. The Labute approximate surface area is 223 Å². The van der Waals surface area contributed by atoms with Gasteiger partial charge in [-0.25, -0.2) is 8.78 Å². The molecular weight excluding hydrogens is 490 g/mol. The van der Waals surface area contributed by atoms with Crippen LogP contribution in [0.5, 0.6) is 0 Å². The third kappa shape index (κ3) is 8.21. The molecule has 37 heavy (non-hydrogen) atoms. The van der Waals surface area contributed by atoms with Crippen molar-refractivity contribution in [3.63, 3.8) is 0 Å². The van der Waals surface area contributed by atoms with E-state index < -0.39 is 0 Å². The molecule has 8 heteroatoms. The minimum Gasteiger partial charge on any atom is -0.369 e. The number of halogens is 2. The molecule has 196 valence electrons. The predicted molar refractivity (Wildman–Crippen MR) is 148 cm³/mol. The van der Waals surface area contributed by atoms with Crippen molar-refractivity contribution < 1.29 is 13.5 Å². The third-order valence-electron chi connectivity index (χ3n) is 6.52. The number of benzene rings is 3. The van der Waals surface area contributed by atoms with Crippen LogP contribution >= 0.6 is 12.2 Å². The molecule has 4 rings (SSSR count). The molecule has 1 saturated heterocycles. The molecule has 2 N–H and O–H groups in total. The van der Waals surface area contributed by atoms with Crippen LogP contribution in [0.4, 0.5) is 14.5 Å². The Kier molecular flexibility index (Phi) is 9.82. The molecule has 0 radical (unpaired) electrons. The summed E-state index contributed by atoms with van der Waals surface area (Å²) in [6.45, 7) is 7.31. The van der Waals surface area contributed by atoms with Crippen LogP contribution in [0.25, 0.3) is 0 Å². The fourth-order valence-corrected chi connectivity index (χ4v) is 4.55. The minimum atomic E-state index is -0.355. The van der Waals surface area contributed by atoms with E-state index in [4.69, 9.17) is 17.0 Å². The first-order valence-corrected chi connectivity index (χ1v) is 13.1. The fourth-order valence-electron chi connectivity index (χ4n) is 4.31. The monoisotopic (exact) mass is 524 g/mol. The first kappa shape index (κ1) is 27.0. The van der Waals surface area contributed by atoms with E-state index in [9.17, 15) is 8.78 Å². The van der Waals surface area contributed by atoms with Gasteiger partial charge in [0.05, 0.1) is 5.69 Å². The Hall–Kier alpha value is -3.07. The van der Waals surface area contributed by atoms with Crippen molar-refractivity contribution in [2.24, 2.45) is 0 Å². The highest BCUT2D eigenvalue weighted by atomic mass is 32.1. The molecular formula is C29H34F2N4OS. The summed E-state index contributed by atoms with van der Waals surface area (Å²) in [6.07, 6.45) is 1.56. The molecule has 0 aromatic heterocycles. The number of thiocarbonyl (C=S) groups is 1. The van der Waals surface area contributed by atoms with Crippen LogP contribution in [-0.2, 0) is 4.74 Å². The molecule has 1 aliphatic rings. The molecule has 3 aromatic carbocycles. The van der Waals surface area contributed by atoms with Crippen LogP contribution in [0.15, 0.2) is 72.8 Å². The average molecular weight is 525 g/mol. The van der Waals surface area contributed by atoms with Gasteiger partial charge in [-0.3, -0.25) is 15.8 Å². The summed E-state index contributed by atoms with van der Waals surface area (Å²) in [6, 6.07) is 20.7. The number of nitrogens with zero attached hydrogens (tertiary/aromatic N) is 2. The van der Waals surface area contributed by atoms with E-state index in [1.807, 2.05) is 12.1 Å². The van der Waals surface area contributed by atoms with Gasteiger partial charge < -0.3 is 9.64 Å². The first-order valence-electron chi connectivity index (χ1n) is 12.7. The Morgan fingerprint density at radius 2 is 1.41 bits per heavy atom. The van der Waals surface area contributed by atoms with Crippen molar-refractivity contribution >= 4 is 23.0 Å². The van der Waals surface area contributed by atoms with Gasteiger partial charge in [0, 0.05) is 32.8 Å². The maximum Gasteiger partial charge on any atom is 0.187 e. The quantitative estimate of drug-likeness (QED) is 0.202. The van der Waals surface area contributed by atoms with E-state index in [-0.39, 0.29) is 17.7 Å². The summed E-state index contributed by atoms with van der Waals surface area (Å²) in [5.74, 6) is -0.582. The number of aryl methyl sites for hydroxylation is 1. The van der Waals surface area contributed by atoms with Gasteiger partial charge in [-0.05, 0) is 86.1 Å². The molecule has 0 aliphatic carbocycles. The maximum atomic E-state index is 13.4. The van der Waals surface area contributed by atoms with Gasteiger partial charge in [0.15, 0.2) is 5.11 Å². The van der Waals surface area contributed by atoms with Gasteiger partial charge in [0.2, 0.25) is 0 Å². The Morgan fingerprint density at radius 1 is 0.838 bits per heavy atom. The molecule has 0 unspecified atom stereocenters. The molecule has 0 spiro atoms. The number of ether oxygens (including phenoxy) is 1. The van der Waals surface area contributed by atoms with Crippen LogP contribution in [0.1, 0.15) is 35.6 Å². The van der Waals surface area contributed by atoms with E-state index in [0.717, 1.165) is 62.4 Å². The van der Waals surface area contributed by atoms with Crippen LogP contribution in [0, 0.1) is 18.6 Å². The van der Waals surface area contributed by atoms with Gasteiger partial charge in [0.25, 0.3) is 0 Å². The maximum absolute atomic E-state index is 13.4. The second kappa shape index (κ2) is 13.5. The summed E-state index contributed by atoms with van der Waals surface area (Å²) >= 11 is 5.55. The highest BCUT2D eigenvalue weighted by Gasteiger charge is 2.19. The zero-order chi connectivity index (χ0) is 26.0. The zero-order valence-electron chi connectivity index (χ0n) is 21.1. The Morgan fingerprint density at radius 3 is 1.97 bits per heavy atom. The van der Waals surface area contributed by atoms with E-state index in [2.05, 4.69) is 39.7 Å². The molecule has 5 nitrogen and oxygen atoms in total. The highest BCUT2D eigenvalue weighted by Crippen LogP contribution is 2.27. The fraction of sp³-hybridized carbons (Fsp3) is 0.345. The number of unbranched alkanes of at least 4 members (excludes halogenated alkanes) is 1. The third-order valence-corrected chi connectivity index (χ3v) is 6.88. The van der Waals surface area contributed by atoms with Crippen molar-refractivity contribution in [1.82, 2.24) is 15.2 Å². The molecule has 1 fully saturated rings. The molecule has 0 amide bonds. The lowest BCUT2D eigenvalue weighted by Gasteiger charge is -2.36. The van der Waals surface area contributed by atoms with Crippen LogP contribution in [-0.4, -0.2) is 54.2 Å². The van der Waals surface area contributed by atoms with Gasteiger partial charge in [-0.15, -0.1) is 0 Å². The average Bonchev–Trinajstić information content (AvgIpc) is 2.92. The molecule has 0 atom stereocenters. The predicted octanol–water partition coefficient (Wildman–Crippen LogP) is 5.68. The van der Waals surface area contributed by atoms with Gasteiger partial charge in [0.1, 0.15) is 17.7 Å². The lowest BCUT2D eigenvalue weighted by atomic mass is 10.0. The van der Waals surface area contributed by atoms with Crippen LogP contribution < -0.4 is 10.9 Å². The van der Waals surface area contributed by atoms with E-state index >= 15 is 0 Å². The van der Waals surface area contributed by atoms with Crippen molar-refractivity contribution in [3.05, 3.63) is 101 Å². The molecule has 0 bridgehead atoms. The SMILES string of the molecule is Cc1ccc(NNC(=S)N2CCN(CCCCOC(c3ccc(F)cc3)c3ccc(F)cc3)CC2)cc1. The Bertz CT molecular complexity index is 1070. The summed E-state index contributed by atoms with van der Waals surface area (Å²) in [4.78, 5) is 4.63.